The van der Waals surface area contributed by atoms with Gasteiger partial charge >= 0.3 is 0 Å². The van der Waals surface area contributed by atoms with E-state index in [4.69, 9.17) is 0 Å². The lowest BCUT2D eigenvalue weighted by Crippen LogP contribution is -2.14. The maximum atomic E-state index is 3.53. The normalized spacial score (nSPS) is 11.5. The molecule has 0 N–H and O–H groups in total. The summed E-state index contributed by atoms with van der Waals surface area (Å²) in [6.07, 6.45) is 0. The van der Waals surface area contributed by atoms with E-state index >= 15 is 0 Å². The monoisotopic (exact) mass is 313 g/mol. The van der Waals surface area contributed by atoms with Crippen molar-refractivity contribution in [1.29, 1.82) is 0 Å². The van der Waals surface area contributed by atoms with Gasteiger partial charge in [-0.2, -0.15) is 0 Å². The van der Waals surface area contributed by atoms with Crippen LogP contribution in [0.3, 0.4) is 0 Å². The number of rotatable bonds is 2. The van der Waals surface area contributed by atoms with Gasteiger partial charge in [-0.3, -0.25) is 0 Å². The third-order valence-electron chi connectivity index (χ3n) is 4.60. The van der Waals surface area contributed by atoms with E-state index in [1.807, 2.05) is 0 Å². The standard InChI is InChI=1S/C24H25/c1-17-11-6-8-13-19(17)21-15-10-16-22(24(3,4)5)23(21)20-14-9-7-12-18(20)2/h6-15H,1-5H3. The predicted molar refractivity (Wildman–Crippen MR) is 104 cm³/mol. The highest BCUT2D eigenvalue weighted by Crippen LogP contribution is 2.41. The molecule has 0 atom stereocenters. The Balaban J connectivity index is 2.40. The Hall–Kier alpha value is -2.34. The van der Waals surface area contributed by atoms with Crippen molar-refractivity contribution in [1.82, 2.24) is 0 Å². The molecule has 0 saturated heterocycles. The molecule has 0 heterocycles. The molecule has 0 aromatic heterocycles. The zero-order valence-corrected chi connectivity index (χ0v) is 15.3. The Bertz CT molecular complexity index is 863. The van der Waals surface area contributed by atoms with E-state index in [2.05, 4.69) is 101 Å². The first kappa shape index (κ1) is 16.5. The van der Waals surface area contributed by atoms with E-state index in [-0.39, 0.29) is 5.41 Å². The van der Waals surface area contributed by atoms with Crippen LogP contribution in [0, 0.1) is 19.9 Å². The Morgan fingerprint density at radius 2 is 1.21 bits per heavy atom. The van der Waals surface area contributed by atoms with Gasteiger partial charge in [0.05, 0.1) is 0 Å². The van der Waals surface area contributed by atoms with E-state index in [1.54, 1.807) is 0 Å². The summed E-state index contributed by atoms with van der Waals surface area (Å²) < 4.78 is 0. The smallest absolute Gasteiger partial charge is 0.00590 e. The summed E-state index contributed by atoms with van der Waals surface area (Å²) in [5.74, 6) is 0. The van der Waals surface area contributed by atoms with Gasteiger partial charge in [-0.05, 0) is 64.3 Å². The van der Waals surface area contributed by atoms with Crippen LogP contribution in [0.15, 0.2) is 60.7 Å². The van der Waals surface area contributed by atoms with Gasteiger partial charge in [-0.15, -0.1) is 0 Å². The molecule has 0 fully saturated rings. The Labute approximate surface area is 146 Å². The van der Waals surface area contributed by atoms with Crippen molar-refractivity contribution in [3.05, 3.63) is 83.4 Å². The van der Waals surface area contributed by atoms with Crippen LogP contribution in [0.5, 0.6) is 0 Å². The van der Waals surface area contributed by atoms with E-state index in [0.717, 1.165) is 0 Å². The number of hydrogen-bond donors (Lipinski definition) is 0. The van der Waals surface area contributed by atoms with Crippen molar-refractivity contribution in [2.75, 3.05) is 0 Å². The van der Waals surface area contributed by atoms with Crippen molar-refractivity contribution in [3.8, 4) is 22.3 Å². The van der Waals surface area contributed by atoms with E-state index < -0.39 is 0 Å². The van der Waals surface area contributed by atoms with Crippen molar-refractivity contribution in [2.24, 2.45) is 0 Å². The molecule has 0 heteroatoms. The van der Waals surface area contributed by atoms with Crippen LogP contribution in [0.1, 0.15) is 37.5 Å². The van der Waals surface area contributed by atoms with Crippen LogP contribution in [-0.2, 0) is 5.41 Å². The van der Waals surface area contributed by atoms with Crippen molar-refractivity contribution < 1.29 is 0 Å². The van der Waals surface area contributed by atoms with Crippen LogP contribution >= 0.6 is 0 Å². The highest BCUT2D eigenvalue weighted by molar-refractivity contribution is 5.88. The van der Waals surface area contributed by atoms with E-state index in [1.165, 1.54) is 38.9 Å². The van der Waals surface area contributed by atoms with Crippen LogP contribution < -0.4 is 0 Å². The Morgan fingerprint density at radius 3 is 1.75 bits per heavy atom. The van der Waals surface area contributed by atoms with Crippen molar-refractivity contribution in [3.63, 3.8) is 0 Å². The van der Waals surface area contributed by atoms with Gasteiger partial charge in [-0.1, -0.05) is 81.4 Å². The average Bonchev–Trinajstić information content (AvgIpc) is 2.54. The first-order chi connectivity index (χ1) is 11.4. The number of hydrogen-bond acceptors (Lipinski definition) is 0. The Kier molecular flexibility index (Phi) is 4.32. The molecule has 0 unspecified atom stereocenters. The first-order valence-corrected chi connectivity index (χ1v) is 8.57. The molecule has 0 spiro atoms. The minimum atomic E-state index is 0.0380. The Morgan fingerprint density at radius 1 is 0.667 bits per heavy atom. The minimum absolute atomic E-state index is 0.0380. The molecule has 24 heavy (non-hydrogen) atoms. The predicted octanol–water partition coefficient (Wildman–Crippen LogP) is 6.74. The largest absolute Gasteiger partial charge is 0.0620 e. The second-order valence-electron chi connectivity index (χ2n) is 7.52. The summed E-state index contributed by atoms with van der Waals surface area (Å²) in [5.41, 5.74) is 9.14. The molecule has 0 saturated carbocycles. The summed E-state index contributed by atoms with van der Waals surface area (Å²) in [4.78, 5) is 0. The zero-order chi connectivity index (χ0) is 17.3. The first-order valence-electron chi connectivity index (χ1n) is 8.57. The fraction of sp³-hybridized carbons (Fsp3) is 0.250. The summed E-state index contributed by atoms with van der Waals surface area (Å²) in [6.45, 7) is 11.2. The zero-order valence-electron chi connectivity index (χ0n) is 15.3. The minimum Gasteiger partial charge on any atom is -0.0620 e. The molecule has 3 aromatic carbocycles. The van der Waals surface area contributed by atoms with E-state index in [0.29, 0.717) is 0 Å². The molecular weight excluding hydrogens is 288 g/mol. The summed E-state index contributed by atoms with van der Waals surface area (Å²) >= 11 is 0. The maximum absolute atomic E-state index is 3.53. The topological polar surface area (TPSA) is 0 Å². The molecule has 3 rings (SSSR count). The second-order valence-corrected chi connectivity index (χ2v) is 7.52. The molecule has 0 bridgehead atoms. The van der Waals surface area contributed by atoms with Crippen LogP contribution in [0.25, 0.3) is 22.3 Å². The third-order valence-corrected chi connectivity index (χ3v) is 4.60. The summed E-state index contributed by atoms with van der Waals surface area (Å²) in [5, 5.41) is 0. The lowest BCUT2D eigenvalue weighted by Gasteiger charge is -2.26. The summed E-state index contributed by atoms with van der Waals surface area (Å²) in [7, 11) is 0. The molecule has 1 radical (unpaired) electrons. The molecule has 0 nitrogen and oxygen atoms in total. The molecule has 3 aromatic rings. The molecule has 0 amide bonds. The highest BCUT2D eigenvalue weighted by atomic mass is 14.3. The fourth-order valence-electron chi connectivity index (χ4n) is 3.32. The lowest BCUT2D eigenvalue weighted by molar-refractivity contribution is 0.591. The van der Waals surface area contributed by atoms with Gasteiger partial charge in [0.25, 0.3) is 0 Å². The SMILES string of the molecule is Cc1ccccc1-c1cc[c]c(C(C)(C)C)c1-c1ccccc1C. The maximum Gasteiger partial charge on any atom is -0.00590 e. The number of benzene rings is 3. The molecule has 0 aliphatic heterocycles. The summed E-state index contributed by atoms with van der Waals surface area (Å²) in [6, 6.07) is 25.1. The molecule has 0 aliphatic rings. The van der Waals surface area contributed by atoms with Gasteiger partial charge in [0.2, 0.25) is 0 Å². The second kappa shape index (κ2) is 6.28. The fourth-order valence-corrected chi connectivity index (χ4v) is 3.32. The molecular formula is C24H25. The quantitative estimate of drug-likeness (QED) is 0.491. The highest BCUT2D eigenvalue weighted by Gasteiger charge is 2.23. The van der Waals surface area contributed by atoms with Crippen molar-refractivity contribution >= 4 is 0 Å². The number of aryl methyl sites for hydroxylation is 2. The lowest BCUT2D eigenvalue weighted by atomic mass is 9.77. The van der Waals surface area contributed by atoms with Gasteiger partial charge in [0, 0.05) is 0 Å². The van der Waals surface area contributed by atoms with Crippen LogP contribution in [-0.4, -0.2) is 0 Å². The van der Waals surface area contributed by atoms with Gasteiger partial charge < -0.3 is 0 Å². The van der Waals surface area contributed by atoms with Crippen LogP contribution in [0.4, 0.5) is 0 Å². The van der Waals surface area contributed by atoms with Gasteiger partial charge in [0.15, 0.2) is 0 Å². The van der Waals surface area contributed by atoms with Crippen LogP contribution in [0.2, 0.25) is 0 Å². The van der Waals surface area contributed by atoms with Crippen molar-refractivity contribution in [2.45, 2.75) is 40.0 Å². The average molecular weight is 313 g/mol. The van der Waals surface area contributed by atoms with E-state index in [9.17, 15) is 0 Å². The van der Waals surface area contributed by atoms with Gasteiger partial charge in [0.1, 0.15) is 0 Å². The third kappa shape index (κ3) is 3.01. The molecule has 121 valence electrons. The van der Waals surface area contributed by atoms with Gasteiger partial charge in [-0.25, -0.2) is 0 Å². The molecule has 0 aliphatic carbocycles.